The molecule has 5 fully saturated rings. The first kappa shape index (κ1) is 18.3. The third-order valence-electron chi connectivity index (χ3n) is 6.85. The largest absolute Gasteiger partial charge is 0.326 e. The molecule has 1 aliphatic heterocycles. The van der Waals surface area contributed by atoms with Crippen molar-refractivity contribution in [3.63, 3.8) is 0 Å². The molecule has 4 aliphatic carbocycles. The molecule has 0 aromatic carbocycles. The Labute approximate surface area is 159 Å². The predicted octanol–water partition coefficient (Wildman–Crippen LogP) is 1.02. The van der Waals surface area contributed by atoms with Crippen LogP contribution >= 0.6 is 0 Å². The average Bonchev–Trinajstić information content (AvgIpc) is 2.84. The zero-order valence-electron chi connectivity index (χ0n) is 15.8. The molecule has 27 heavy (non-hydrogen) atoms. The Kier molecular flexibility index (Phi) is 4.60. The van der Waals surface area contributed by atoms with Gasteiger partial charge in [0.25, 0.3) is 0 Å². The fraction of sp³-hybridized carbons (Fsp3) is 0.789. The van der Waals surface area contributed by atoms with Gasteiger partial charge in [-0.15, -0.1) is 0 Å². The van der Waals surface area contributed by atoms with E-state index in [1.165, 1.54) is 29.1 Å². The number of nitrogens with zero attached hydrogens (tertiary/aromatic N) is 2. The van der Waals surface area contributed by atoms with Crippen LogP contribution in [-0.2, 0) is 14.4 Å². The van der Waals surface area contributed by atoms with Crippen molar-refractivity contribution < 1.29 is 19.2 Å². The molecule has 5 rings (SSSR count). The maximum Gasteiger partial charge on any atom is 0.326 e. The lowest BCUT2D eigenvalue weighted by molar-refractivity contribution is -0.148. The van der Waals surface area contributed by atoms with Crippen LogP contribution in [0.5, 0.6) is 0 Å². The Morgan fingerprint density at radius 3 is 2.15 bits per heavy atom. The van der Waals surface area contributed by atoms with E-state index >= 15 is 0 Å². The summed E-state index contributed by atoms with van der Waals surface area (Å²) in [6, 6.07) is -0.324. The second-order valence-corrected chi connectivity index (χ2v) is 8.99. The summed E-state index contributed by atoms with van der Waals surface area (Å²) >= 11 is 0. The molecule has 4 bridgehead atoms. The molecule has 2 N–H and O–H groups in total. The number of nitrogens with one attached hydrogen (secondary N) is 2. The number of urea groups is 1. The maximum absolute atomic E-state index is 12.8. The second kappa shape index (κ2) is 6.80. The number of imide groups is 1. The minimum atomic E-state index is -0.324. The minimum absolute atomic E-state index is 0.0403. The van der Waals surface area contributed by atoms with Gasteiger partial charge in [0.2, 0.25) is 17.7 Å². The van der Waals surface area contributed by atoms with Crippen LogP contribution in [0.4, 0.5) is 4.79 Å². The highest BCUT2D eigenvalue weighted by atomic mass is 16.2. The summed E-state index contributed by atoms with van der Waals surface area (Å²) in [6.07, 6.45) is 7.19. The van der Waals surface area contributed by atoms with E-state index in [1.807, 2.05) is 0 Å². The van der Waals surface area contributed by atoms with Crippen LogP contribution in [0, 0.1) is 23.2 Å². The Balaban J connectivity index is 1.21. The third-order valence-corrected chi connectivity index (χ3v) is 6.85. The van der Waals surface area contributed by atoms with E-state index in [-0.39, 0.29) is 48.7 Å². The zero-order valence-corrected chi connectivity index (χ0v) is 15.8. The molecule has 0 aromatic heterocycles. The molecule has 0 atom stereocenters. The van der Waals surface area contributed by atoms with E-state index in [4.69, 9.17) is 0 Å². The average molecular weight is 376 g/mol. The van der Waals surface area contributed by atoms with E-state index in [9.17, 15) is 19.2 Å². The van der Waals surface area contributed by atoms with Crippen molar-refractivity contribution in [1.82, 2.24) is 20.7 Å². The van der Waals surface area contributed by atoms with E-state index in [0.29, 0.717) is 24.2 Å². The Morgan fingerprint density at radius 2 is 1.63 bits per heavy atom. The van der Waals surface area contributed by atoms with Gasteiger partial charge >= 0.3 is 6.03 Å². The molecule has 5 amide bonds. The van der Waals surface area contributed by atoms with Crippen LogP contribution in [-0.4, -0.2) is 53.7 Å². The smallest absolute Gasteiger partial charge is 0.318 e. The molecule has 1 saturated heterocycles. The predicted molar refractivity (Wildman–Crippen MR) is 95.9 cm³/mol. The first-order valence-corrected chi connectivity index (χ1v) is 10.0. The first-order valence-electron chi connectivity index (χ1n) is 10.0. The van der Waals surface area contributed by atoms with Gasteiger partial charge in [0.15, 0.2) is 0 Å². The van der Waals surface area contributed by atoms with Crippen LogP contribution < -0.4 is 10.9 Å². The van der Waals surface area contributed by atoms with Gasteiger partial charge in [0.1, 0.15) is 6.54 Å². The summed E-state index contributed by atoms with van der Waals surface area (Å²) in [6.45, 7) is 0.310. The van der Waals surface area contributed by atoms with Crippen molar-refractivity contribution in [3.8, 4) is 0 Å². The quantitative estimate of drug-likeness (QED) is 0.553. The highest BCUT2D eigenvalue weighted by Gasteiger charge is 2.54. The number of rotatable bonds is 5. The molecule has 8 heteroatoms. The summed E-state index contributed by atoms with van der Waals surface area (Å²) in [7, 11) is 1.58. The summed E-state index contributed by atoms with van der Waals surface area (Å²) < 4.78 is 0. The number of carbonyl (C=O) groups excluding carboxylic acids is 4. The lowest BCUT2D eigenvalue weighted by atomic mass is 9.49. The molecule has 8 nitrogen and oxygen atoms in total. The Hall–Kier alpha value is -2.12. The first-order chi connectivity index (χ1) is 12.9. The van der Waals surface area contributed by atoms with E-state index < -0.39 is 0 Å². The molecular weight excluding hydrogens is 348 g/mol. The van der Waals surface area contributed by atoms with Crippen LogP contribution in [0.3, 0.4) is 0 Å². The van der Waals surface area contributed by atoms with Crippen molar-refractivity contribution in [2.24, 2.45) is 23.2 Å². The molecule has 1 heterocycles. The summed E-state index contributed by atoms with van der Waals surface area (Å²) in [4.78, 5) is 50.8. The van der Waals surface area contributed by atoms with Gasteiger partial charge in [-0.2, -0.15) is 0 Å². The maximum atomic E-state index is 12.8. The number of amides is 5. The fourth-order valence-corrected chi connectivity index (χ4v) is 6.00. The number of likely N-dealkylation sites (N-methyl/N-ethyl adjacent to an activating group) is 1. The van der Waals surface area contributed by atoms with Gasteiger partial charge in [-0.05, 0) is 62.7 Å². The van der Waals surface area contributed by atoms with Crippen molar-refractivity contribution in [2.45, 2.75) is 51.4 Å². The standard InChI is InChI=1S/C19H28N4O4/c1-22-11-16(25)23(18(22)27)4-2-3-15(24)20-21-17(26)19-8-12-5-13(9-19)7-14(6-12)10-19/h12-14H,2-11H2,1H3,(H,20,24)(H,21,26). The van der Waals surface area contributed by atoms with Crippen molar-refractivity contribution in [2.75, 3.05) is 20.1 Å². The lowest BCUT2D eigenvalue weighted by Crippen LogP contribution is -2.56. The topological polar surface area (TPSA) is 98.8 Å². The molecular formula is C19H28N4O4. The normalized spacial score (nSPS) is 34.3. The van der Waals surface area contributed by atoms with Gasteiger partial charge in [-0.25, -0.2) is 4.79 Å². The Bertz CT molecular complexity index is 641. The van der Waals surface area contributed by atoms with Gasteiger partial charge in [-0.1, -0.05) is 0 Å². The molecule has 148 valence electrons. The molecule has 5 aliphatic rings. The van der Waals surface area contributed by atoms with Crippen molar-refractivity contribution in [1.29, 1.82) is 0 Å². The zero-order chi connectivity index (χ0) is 19.2. The van der Waals surface area contributed by atoms with E-state index in [2.05, 4.69) is 10.9 Å². The second-order valence-electron chi connectivity index (χ2n) is 8.99. The summed E-state index contributed by atoms with van der Waals surface area (Å²) in [5, 5.41) is 0. The summed E-state index contributed by atoms with van der Waals surface area (Å²) in [5.74, 6) is 1.45. The number of hydrazine groups is 1. The summed E-state index contributed by atoms with van der Waals surface area (Å²) in [5.41, 5.74) is 4.88. The minimum Gasteiger partial charge on any atom is -0.318 e. The highest BCUT2D eigenvalue weighted by Crippen LogP contribution is 2.60. The van der Waals surface area contributed by atoms with Crippen LogP contribution in [0.1, 0.15) is 51.4 Å². The van der Waals surface area contributed by atoms with E-state index in [0.717, 1.165) is 19.3 Å². The van der Waals surface area contributed by atoms with Gasteiger partial charge in [-0.3, -0.25) is 30.1 Å². The van der Waals surface area contributed by atoms with Gasteiger partial charge in [0, 0.05) is 20.0 Å². The molecule has 4 saturated carbocycles. The lowest BCUT2D eigenvalue weighted by Gasteiger charge is -2.55. The van der Waals surface area contributed by atoms with Gasteiger partial charge in [0.05, 0.1) is 5.41 Å². The van der Waals surface area contributed by atoms with Crippen molar-refractivity contribution in [3.05, 3.63) is 0 Å². The Morgan fingerprint density at radius 1 is 1.04 bits per heavy atom. The van der Waals surface area contributed by atoms with Crippen LogP contribution in [0.15, 0.2) is 0 Å². The fourth-order valence-electron chi connectivity index (χ4n) is 6.00. The number of hydrogen-bond donors (Lipinski definition) is 2. The highest BCUT2D eigenvalue weighted by molar-refractivity contribution is 6.01. The van der Waals surface area contributed by atoms with Crippen LogP contribution in [0.25, 0.3) is 0 Å². The van der Waals surface area contributed by atoms with Crippen LogP contribution in [0.2, 0.25) is 0 Å². The molecule has 0 aromatic rings. The molecule has 0 unspecified atom stereocenters. The third kappa shape index (κ3) is 3.41. The SMILES string of the molecule is CN1CC(=O)N(CCCC(=O)NNC(=O)C23CC4CC(CC(C4)C2)C3)C1=O. The van der Waals surface area contributed by atoms with Gasteiger partial charge < -0.3 is 4.90 Å². The monoisotopic (exact) mass is 376 g/mol. The molecule has 0 spiro atoms. The number of carbonyl (C=O) groups is 4. The number of hydrogen-bond acceptors (Lipinski definition) is 4. The molecule has 0 radical (unpaired) electrons. The van der Waals surface area contributed by atoms with Crippen molar-refractivity contribution >= 4 is 23.8 Å². The van der Waals surface area contributed by atoms with E-state index in [1.54, 1.807) is 7.05 Å².